The Morgan fingerprint density at radius 1 is 0.500 bits per heavy atom. The molecule has 0 saturated carbocycles. The summed E-state index contributed by atoms with van der Waals surface area (Å²) in [5, 5.41) is 6.53. The lowest BCUT2D eigenvalue weighted by atomic mass is 10.0. The van der Waals surface area contributed by atoms with Gasteiger partial charge in [0.1, 0.15) is 16.8 Å². The van der Waals surface area contributed by atoms with Gasteiger partial charge in [-0.25, -0.2) is 9.97 Å². The fourth-order valence-electron chi connectivity index (χ4n) is 8.33. The van der Waals surface area contributed by atoms with Crippen LogP contribution in [0.5, 0.6) is 11.5 Å². The number of rotatable bonds is 3. The Bertz CT molecular complexity index is 3280. The third-order valence-corrected chi connectivity index (χ3v) is 10.5. The second-order valence-electron chi connectivity index (χ2n) is 13.3. The van der Waals surface area contributed by atoms with Crippen LogP contribution in [0.1, 0.15) is 0 Å². The van der Waals surface area contributed by atoms with Crippen molar-refractivity contribution in [2.45, 2.75) is 0 Å². The molecule has 0 saturated heterocycles. The Kier molecular flexibility index (Phi) is 5.41. The zero-order chi connectivity index (χ0) is 33.9. The number of aromatic nitrogens is 4. The van der Waals surface area contributed by atoms with Crippen molar-refractivity contribution in [3.05, 3.63) is 158 Å². The van der Waals surface area contributed by atoms with Crippen LogP contribution >= 0.6 is 0 Å². The number of para-hydroxylation sites is 6. The lowest BCUT2D eigenvalue weighted by Crippen LogP contribution is -2.06. The highest BCUT2D eigenvalue weighted by Gasteiger charge is 2.30. The van der Waals surface area contributed by atoms with E-state index in [-0.39, 0.29) is 0 Å². The topological polar surface area (TPSA) is 58.0 Å². The molecule has 52 heavy (non-hydrogen) atoms. The molecule has 0 spiro atoms. The van der Waals surface area contributed by atoms with E-state index in [1.165, 1.54) is 0 Å². The normalized spacial score (nSPS) is 12.4. The van der Waals surface area contributed by atoms with Crippen molar-refractivity contribution in [2.24, 2.45) is 0 Å². The van der Waals surface area contributed by atoms with E-state index in [0.717, 1.165) is 105 Å². The average molecular weight is 667 g/mol. The van der Waals surface area contributed by atoms with Crippen LogP contribution in [0.2, 0.25) is 0 Å². The second-order valence-corrected chi connectivity index (χ2v) is 13.3. The summed E-state index contributed by atoms with van der Waals surface area (Å²) < 4.78 is 17.6. The van der Waals surface area contributed by atoms with Crippen molar-refractivity contribution >= 4 is 65.7 Å². The molecule has 0 bridgehead atoms. The SMILES string of the molecule is c1ccc(-n2c3cccc(-c4nc(-c5ccc6c(c5)oc5ccccc56)c5ccccc5n4)c3c3c4cccc5c4n(c32)-c2ccccc2O5)cc1. The summed E-state index contributed by atoms with van der Waals surface area (Å²) in [6, 6.07) is 54.5. The first-order valence-corrected chi connectivity index (χ1v) is 17.4. The number of ether oxygens (including phenoxy) is 1. The molecule has 6 nitrogen and oxygen atoms in total. The first-order chi connectivity index (χ1) is 25.8. The lowest BCUT2D eigenvalue weighted by molar-refractivity contribution is 0.476. The Morgan fingerprint density at radius 3 is 2.19 bits per heavy atom. The molecule has 242 valence electrons. The molecule has 12 rings (SSSR count). The smallest absolute Gasteiger partial charge is 0.161 e. The summed E-state index contributed by atoms with van der Waals surface area (Å²) in [6.07, 6.45) is 0. The zero-order valence-corrected chi connectivity index (χ0v) is 27.6. The molecule has 7 aromatic carbocycles. The van der Waals surface area contributed by atoms with E-state index < -0.39 is 0 Å². The maximum Gasteiger partial charge on any atom is 0.161 e. The van der Waals surface area contributed by atoms with Crippen LogP contribution in [0.4, 0.5) is 0 Å². The van der Waals surface area contributed by atoms with Gasteiger partial charge in [-0.1, -0.05) is 97.1 Å². The molecule has 0 N–H and O–H groups in total. The molecule has 1 aliphatic heterocycles. The molecule has 0 fully saturated rings. The molecule has 0 aliphatic carbocycles. The maximum atomic E-state index is 6.52. The minimum absolute atomic E-state index is 0.666. The van der Waals surface area contributed by atoms with Crippen LogP contribution < -0.4 is 4.74 Å². The van der Waals surface area contributed by atoms with Gasteiger partial charge >= 0.3 is 0 Å². The molecular weight excluding hydrogens is 641 g/mol. The standard InChI is InChI=1S/C46H26N4O2/c1-2-12-28(13-3-1)49-36-20-10-17-33(41(36)42-32-16-11-23-39-44(32)50(46(42)49)35-19-7-9-22-38(35)52-39)45-47-34-18-6-4-15-31(34)43(48-45)27-24-25-30-29-14-5-8-21-37(29)51-40(30)26-27/h1-26H. The molecule has 6 heteroatoms. The third-order valence-electron chi connectivity index (χ3n) is 10.5. The third kappa shape index (κ3) is 3.67. The monoisotopic (exact) mass is 666 g/mol. The van der Waals surface area contributed by atoms with Gasteiger partial charge in [-0.05, 0) is 60.7 Å². The first kappa shape index (κ1) is 27.6. The highest BCUT2D eigenvalue weighted by molar-refractivity contribution is 6.27. The minimum atomic E-state index is 0.666. The maximum absolute atomic E-state index is 6.52. The molecule has 1 aliphatic rings. The molecule has 0 amide bonds. The van der Waals surface area contributed by atoms with E-state index >= 15 is 0 Å². The van der Waals surface area contributed by atoms with Crippen molar-refractivity contribution in [3.63, 3.8) is 0 Å². The van der Waals surface area contributed by atoms with E-state index in [1.807, 2.05) is 42.5 Å². The van der Waals surface area contributed by atoms with Crippen LogP contribution in [0.25, 0.3) is 99.7 Å². The molecule has 4 aromatic heterocycles. The van der Waals surface area contributed by atoms with Crippen LogP contribution in [0.15, 0.2) is 162 Å². The molecule has 0 radical (unpaired) electrons. The predicted octanol–water partition coefficient (Wildman–Crippen LogP) is 12.0. The quantitative estimate of drug-likeness (QED) is 0.188. The Morgan fingerprint density at radius 2 is 1.25 bits per heavy atom. The first-order valence-electron chi connectivity index (χ1n) is 17.4. The number of fused-ring (bicyclic) bond motifs is 11. The van der Waals surface area contributed by atoms with Crippen molar-refractivity contribution in [1.29, 1.82) is 0 Å². The number of benzene rings is 7. The molecule has 0 unspecified atom stereocenters. The van der Waals surface area contributed by atoms with Gasteiger partial charge in [-0.15, -0.1) is 0 Å². The summed E-state index contributed by atoms with van der Waals surface area (Å²) in [4.78, 5) is 10.7. The lowest BCUT2D eigenvalue weighted by Gasteiger charge is -2.21. The number of nitrogens with zero attached hydrogens (tertiary/aromatic N) is 4. The fraction of sp³-hybridized carbons (Fsp3) is 0. The van der Waals surface area contributed by atoms with Crippen molar-refractivity contribution in [1.82, 2.24) is 19.1 Å². The van der Waals surface area contributed by atoms with Gasteiger partial charge in [-0.3, -0.25) is 9.13 Å². The summed E-state index contributed by atoms with van der Waals surface area (Å²) in [7, 11) is 0. The highest BCUT2D eigenvalue weighted by atomic mass is 16.5. The van der Waals surface area contributed by atoms with Gasteiger partial charge in [0, 0.05) is 49.1 Å². The molecular formula is C46H26N4O2. The van der Waals surface area contributed by atoms with Crippen molar-refractivity contribution in [2.75, 3.05) is 0 Å². The molecule has 11 aromatic rings. The Hall–Kier alpha value is -7.18. The Labute approximate surface area is 296 Å². The van der Waals surface area contributed by atoms with Gasteiger partial charge in [-0.2, -0.15) is 0 Å². The van der Waals surface area contributed by atoms with Gasteiger partial charge in [0.05, 0.1) is 27.9 Å². The summed E-state index contributed by atoms with van der Waals surface area (Å²) in [5.74, 6) is 2.33. The zero-order valence-electron chi connectivity index (χ0n) is 27.6. The van der Waals surface area contributed by atoms with Gasteiger partial charge in [0.25, 0.3) is 0 Å². The predicted molar refractivity (Wildman–Crippen MR) is 209 cm³/mol. The largest absolute Gasteiger partial charge is 0.456 e. The van der Waals surface area contributed by atoms with E-state index in [1.54, 1.807) is 0 Å². The van der Waals surface area contributed by atoms with Crippen LogP contribution in [-0.4, -0.2) is 19.1 Å². The number of hydrogen-bond donors (Lipinski definition) is 0. The van der Waals surface area contributed by atoms with E-state index in [4.69, 9.17) is 19.1 Å². The Balaban J connectivity index is 1.20. The van der Waals surface area contributed by atoms with Crippen molar-refractivity contribution in [3.8, 4) is 45.5 Å². The summed E-state index contributed by atoms with van der Waals surface area (Å²) >= 11 is 0. The van der Waals surface area contributed by atoms with Gasteiger partial charge in [0.15, 0.2) is 17.3 Å². The van der Waals surface area contributed by atoms with Gasteiger partial charge in [0.2, 0.25) is 0 Å². The van der Waals surface area contributed by atoms with Crippen molar-refractivity contribution < 1.29 is 9.15 Å². The molecule has 0 atom stereocenters. The van der Waals surface area contributed by atoms with E-state index in [9.17, 15) is 0 Å². The number of furan rings is 1. The fourth-order valence-corrected chi connectivity index (χ4v) is 8.33. The van der Waals surface area contributed by atoms with Gasteiger partial charge < -0.3 is 9.15 Å². The van der Waals surface area contributed by atoms with E-state index in [2.05, 4.69) is 124 Å². The van der Waals surface area contributed by atoms with Crippen LogP contribution in [0.3, 0.4) is 0 Å². The highest BCUT2D eigenvalue weighted by Crippen LogP contribution is 2.50. The second kappa shape index (κ2) is 10.2. The van der Waals surface area contributed by atoms with E-state index in [0.29, 0.717) is 5.82 Å². The van der Waals surface area contributed by atoms with Crippen LogP contribution in [-0.2, 0) is 0 Å². The minimum Gasteiger partial charge on any atom is -0.456 e. The summed E-state index contributed by atoms with van der Waals surface area (Å²) in [6.45, 7) is 0. The summed E-state index contributed by atoms with van der Waals surface area (Å²) in [5.41, 5.74) is 10.7. The number of hydrogen-bond acceptors (Lipinski definition) is 4. The van der Waals surface area contributed by atoms with Crippen LogP contribution in [0, 0.1) is 0 Å². The molecule has 5 heterocycles. The average Bonchev–Trinajstić information content (AvgIpc) is 3.86.